The van der Waals surface area contributed by atoms with Crippen molar-refractivity contribution in [1.82, 2.24) is 9.88 Å². The van der Waals surface area contributed by atoms with Crippen LogP contribution in [0.4, 0.5) is 11.5 Å². The van der Waals surface area contributed by atoms with Crippen LogP contribution >= 0.6 is 0 Å². The fourth-order valence-corrected chi connectivity index (χ4v) is 1.34. The molecule has 6 nitrogen and oxygen atoms in total. The molecule has 0 radical (unpaired) electrons. The molecule has 31 heavy (non-hydrogen) atoms. The van der Waals surface area contributed by atoms with E-state index in [9.17, 15) is 4.79 Å². The number of carbonyl (C=O) groups is 1. The number of hydrogen-bond acceptors (Lipinski definition) is 6. The van der Waals surface area contributed by atoms with E-state index in [2.05, 4.69) is 56.8 Å². The topological polar surface area (TPSA) is 77.5 Å². The van der Waals surface area contributed by atoms with Crippen LogP contribution in [0.2, 0.25) is 0 Å². The third-order valence-electron chi connectivity index (χ3n) is 2.99. The number of anilines is 2. The molecule has 0 saturated carbocycles. The predicted molar refractivity (Wildman–Crippen MR) is 138 cm³/mol. The highest BCUT2D eigenvalue weighted by Crippen LogP contribution is 2.07. The molecule has 1 rings (SSSR count). The molecule has 1 aromatic heterocycles. The molecule has 3 N–H and O–H groups in total. The Morgan fingerprint density at radius 3 is 2.13 bits per heavy atom. The van der Waals surface area contributed by atoms with Gasteiger partial charge in [0.15, 0.2) is 0 Å². The number of nitrogens with zero attached hydrogens (tertiary/aromatic N) is 2. The Bertz CT molecular complexity index is 575. The van der Waals surface area contributed by atoms with Crippen LogP contribution in [-0.4, -0.2) is 55.7 Å². The van der Waals surface area contributed by atoms with Gasteiger partial charge in [-0.3, -0.25) is 9.69 Å². The number of allylic oxidation sites excluding steroid dienone is 4. The molecule has 0 saturated heterocycles. The summed E-state index contributed by atoms with van der Waals surface area (Å²) >= 11 is 0. The number of aliphatic hydroxyl groups excluding tert-OH is 1. The highest BCUT2D eigenvalue weighted by Gasteiger charge is 1.93. The van der Waals surface area contributed by atoms with Gasteiger partial charge in [0.25, 0.3) is 0 Å². The summed E-state index contributed by atoms with van der Waals surface area (Å²) in [5.74, 6) is 1.73. The SMILES string of the molecule is C=C/C=C(C=O)\C=C/CO.CC(C)C.CCCC.CNc1ccc(NCN(C)C)nc1. The minimum atomic E-state index is -0.0533. The van der Waals surface area contributed by atoms with E-state index >= 15 is 0 Å². The Morgan fingerprint density at radius 1 is 1.23 bits per heavy atom. The molecule has 0 unspecified atom stereocenters. The molecular weight excluding hydrogens is 388 g/mol. The van der Waals surface area contributed by atoms with Gasteiger partial charge in [0.1, 0.15) is 12.1 Å². The number of unbranched alkanes of at least 4 members (excludes halogenated alkanes) is 1. The summed E-state index contributed by atoms with van der Waals surface area (Å²) in [7, 11) is 5.90. The van der Waals surface area contributed by atoms with Crippen molar-refractivity contribution in [2.75, 3.05) is 45.1 Å². The van der Waals surface area contributed by atoms with Crippen molar-refractivity contribution in [3.05, 3.63) is 54.8 Å². The second-order valence-electron chi connectivity index (χ2n) is 7.43. The molecule has 0 atom stereocenters. The van der Waals surface area contributed by atoms with Crippen LogP contribution in [0, 0.1) is 5.92 Å². The zero-order chi connectivity index (χ0) is 24.5. The molecule has 0 aliphatic heterocycles. The van der Waals surface area contributed by atoms with Crippen LogP contribution in [0.1, 0.15) is 47.5 Å². The van der Waals surface area contributed by atoms with E-state index in [1.165, 1.54) is 31.1 Å². The normalized spacial score (nSPS) is 10.2. The van der Waals surface area contributed by atoms with Gasteiger partial charge in [-0.25, -0.2) is 4.98 Å². The van der Waals surface area contributed by atoms with Crippen molar-refractivity contribution in [3.8, 4) is 0 Å². The van der Waals surface area contributed by atoms with Crippen molar-refractivity contribution in [3.63, 3.8) is 0 Å². The monoisotopic (exact) mass is 434 g/mol. The van der Waals surface area contributed by atoms with Gasteiger partial charge in [-0.15, -0.1) is 0 Å². The molecular formula is C25H46N4O2. The summed E-state index contributed by atoms with van der Waals surface area (Å²) in [6.07, 6.45) is 11.3. The fourth-order valence-electron chi connectivity index (χ4n) is 1.34. The minimum Gasteiger partial charge on any atom is -0.392 e. The maximum Gasteiger partial charge on any atom is 0.150 e. The summed E-state index contributed by atoms with van der Waals surface area (Å²) in [5.41, 5.74) is 1.53. The smallest absolute Gasteiger partial charge is 0.150 e. The van der Waals surface area contributed by atoms with Crippen molar-refractivity contribution in [2.24, 2.45) is 5.92 Å². The molecule has 0 bridgehead atoms. The Hall–Kier alpha value is -2.44. The van der Waals surface area contributed by atoms with Gasteiger partial charge in [0.05, 0.1) is 25.2 Å². The molecule has 0 aliphatic carbocycles. The van der Waals surface area contributed by atoms with Crippen molar-refractivity contribution >= 4 is 17.8 Å². The maximum absolute atomic E-state index is 10.2. The third-order valence-corrected chi connectivity index (χ3v) is 2.99. The lowest BCUT2D eigenvalue weighted by Crippen LogP contribution is -2.20. The first-order chi connectivity index (χ1) is 14.7. The van der Waals surface area contributed by atoms with E-state index < -0.39 is 0 Å². The lowest BCUT2D eigenvalue weighted by Gasteiger charge is -2.11. The first kappa shape index (κ1) is 33.2. The molecule has 1 aromatic rings. The second-order valence-corrected chi connectivity index (χ2v) is 7.43. The van der Waals surface area contributed by atoms with Crippen LogP contribution in [0.15, 0.2) is 54.8 Å². The lowest BCUT2D eigenvalue weighted by molar-refractivity contribution is -0.104. The first-order valence-electron chi connectivity index (χ1n) is 10.8. The average Bonchev–Trinajstić information content (AvgIpc) is 2.75. The Labute approximate surface area is 191 Å². The summed E-state index contributed by atoms with van der Waals surface area (Å²) in [4.78, 5) is 16.4. The molecule has 0 amide bonds. The number of carbonyl (C=O) groups excluding carboxylic acids is 1. The lowest BCUT2D eigenvalue weighted by atomic mass is 10.2. The highest BCUT2D eigenvalue weighted by molar-refractivity contribution is 5.77. The second kappa shape index (κ2) is 25.6. The van der Waals surface area contributed by atoms with Gasteiger partial charge < -0.3 is 15.7 Å². The largest absolute Gasteiger partial charge is 0.392 e. The molecule has 178 valence electrons. The Morgan fingerprint density at radius 2 is 1.81 bits per heavy atom. The third kappa shape index (κ3) is 29.8. The minimum absolute atomic E-state index is 0.0533. The summed E-state index contributed by atoms with van der Waals surface area (Å²) in [6.45, 7) is 15.0. The maximum atomic E-state index is 10.2. The average molecular weight is 435 g/mol. The molecule has 0 spiro atoms. The first-order valence-corrected chi connectivity index (χ1v) is 10.8. The van der Waals surface area contributed by atoms with Crippen LogP contribution in [0.25, 0.3) is 0 Å². The van der Waals surface area contributed by atoms with Gasteiger partial charge in [-0.1, -0.05) is 78.3 Å². The molecule has 0 aromatic carbocycles. The van der Waals surface area contributed by atoms with Crippen molar-refractivity contribution < 1.29 is 9.90 Å². The van der Waals surface area contributed by atoms with Crippen LogP contribution in [0.5, 0.6) is 0 Å². The van der Waals surface area contributed by atoms with Gasteiger partial charge in [-0.05, 0) is 32.1 Å². The number of aldehydes is 1. The molecule has 0 fully saturated rings. The number of aliphatic hydroxyl groups is 1. The Kier molecular flexibility index (Phi) is 27.4. The van der Waals surface area contributed by atoms with E-state index in [-0.39, 0.29) is 6.61 Å². The van der Waals surface area contributed by atoms with E-state index in [0.717, 1.165) is 24.1 Å². The van der Waals surface area contributed by atoms with Crippen molar-refractivity contribution in [1.29, 1.82) is 0 Å². The summed E-state index contributed by atoms with van der Waals surface area (Å²) < 4.78 is 0. The summed E-state index contributed by atoms with van der Waals surface area (Å²) in [5, 5.41) is 14.5. The van der Waals surface area contributed by atoms with E-state index in [1.807, 2.05) is 38.2 Å². The fraction of sp³-hybridized carbons (Fsp3) is 0.520. The standard InChI is InChI=1S/C9H16N4.C8H10O2.2C4H10/c1-10-8-4-5-9(11-6-8)12-7-13(2)3;1-2-4-8(7-10)5-3-6-9;1-4(2)3;1-3-4-2/h4-6,10H,7H2,1-3H3,(H,11,12);2-5,7,9H,1,6H2;4H,1-3H3;3-4H2,1-2H3/b;5-3-,8-4+;;. The molecule has 1 heterocycles. The van der Waals surface area contributed by atoms with Crippen LogP contribution in [0.3, 0.4) is 0 Å². The van der Waals surface area contributed by atoms with Gasteiger partial charge >= 0.3 is 0 Å². The van der Waals surface area contributed by atoms with E-state index in [1.54, 1.807) is 12.3 Å². The number of pyridine rings is 1. The molecule has 0 aliphatic rings. The molecule has 6 heteroatoms. The van der Waals surface area contributed by atoms with Crippen LogP contribution in [-0.2, 0) is 4.79 Å². The predicted octanol–water partition coefficient (Wildman–Crippen LogP) is 5.37. The quantitative estimate of drug-likeness (QED) is 0.210. The zero-order valence-corrected chi connectivity index (χ0v) is 21.0. The number of hydrogen-bond donors (Lipinski definition) is 3. The van der Waals surface area contributed by atoms with Crippen molar-refractivity contribution in [2.45, 2.75) is 47.5 Å². The number of nitrogens with one attached hydrogen (secondary N) is 2. The number of aromatic nitrogens is 1. The van der Waals surface area contributed by atoms with Gasteiger partial charge in [0.2, 0.25) is 0 Å². The van der Waals surface area contributed by atoms with Crippen LogP contribution < -0.4 is 10.6 Å². The zero-order valence-electron chi connectivity index (χ0n) is 21.0. The van der Waals surface area contributed by atoms with Gasteiger partial charge in [-0.2, -0.15) is 0 Å². The Balaban J connectivity index is -0.000000384. The van der Waals surface area contributed by atoms with E-state index in [0.29, 0.717) is 11.9 Å². The highest BCUT2D eigenvalue weighted by atomic mass is 16.2. The van der Waals surface area contributed by atoms with Gasteiger partial charge in [0, 0.05) is 12.6 Å². The number of rotatable bonds is 9. The summed E-state index contributed by atoms with van der Waals surface area (Å²) in [6, 6.07) is 3.94. The van der Waals surface area contributed by atoms with E-state index in [4.69, 9.17) is 5.11 Å².